The number of thiophene rings is 1. The molecule has 0 aliphatic heterocycles. The summed E-state index contributed by atoms with van der Waals surface area (Å²) < 4.78 is 2.24. The number of hydrogen-bond donors (Lipinski definition) is 2. The first-order valence-corrected chi connectivity index (χ1v) is 9.68. The van der Waals surface area contributed by atoms with Gasteiger partial charge < -0.3 is 10.6 Å². The molecule has 2 aromatic heterocycles. The van der Waals surface area contributed by atoms with Gasteiger partial charge in [-0.2, -0.15) is 0 Å². The van der Waals surface area contributed by atoms with Crippen LogP contribution in [0.2, 0.25) is 0 Å². The fourth-order valence-corrected chi connectivity index (χ4v) is 4.27. The topological polar surface area (TPSA) is 54.0 Å². The molecule has 0 aliphatic carbocycles. The number of benzene rings is 2. The Hall–Kier alpha value is -2.19. The molecule has 0 fully saturated rings. The van der Waals surface area contributed by atoms with Crippen LogP contribution in [0.5, 0.6) is 0 Å². The quantitative estimate of drug-likeness (QED) is 0.417. The molecule has 2 N–H and O–H groups in total. The molecule has 4 nitrogen and oxygen atoms in total. The van der Waals surface area contributed by atoms with Gasteiger partial charge in [-0.25, -0.2) is 4.98 Å². The van der Waals surface area contributed by atoms with Crippen molar-refractivity contribution in [2.24, 2.45) is 0 Å². The van der Waals surface area contributed by atoms with Crippen molar-refractivity contribution in [3.8, 4) is 0 Å². The summed E-state index contributed by atoms with van der Waals surface area (Å²) in [5.41, 5.74) is 2.30. The zero-order chi connectivity index (χ0) is 17.4. The summed E-state index contributed by atoms with van der Waals surface area (Å²) >= 11 is 3.96. The standard InChI is InChI=1S/C19H14IN3OS/c1-21-19(24)12-6-4-5-11-16(12)23-18(13-9-10-25-17(11)13)22-15-8-3-2-7-14(15)20/h2-10H,1H3,(H,21,24)(H,22,23). The molecule has 25 heavy (non-hydrogen) atoms. The minimum absolute atomic E-state index is 0.130. The fraction of sp³-hybridized carbons (Fsp3) is 0.0526. The van der Waals surface area contributed by atoms with E-state index >= 15 is 0 Å². The molecule has 0 unspecified atom stereocenters. The number of pyridine rings is 1. The summed E-state index contributed by atoms with van der Waals surface area (Å²) in [7, 11) is 1.64. The van der Waals surface area contributed by atoms with Crippen molar-refractivity contribution >= 4 is 72.3 Å². The Balaban J connectivity index is 1.98. The third kappa shape index (κ3) is 2.85. The van der Waals surface area contributed by atoms with Crippen LogP contribution >= 0.6 is 33.9 Å². The summed E-state index contributed by atoms with van der Waals surface area (Å²) in [5.74, 6) is 0.637. The van der Waals surface area contributed by atoms with Crippen LogP contribution in [-0.4, -0.2) is 17.9 Å². The SMILES string of the molecule is CNC(=O)c1cccc2c1nc(Nc1ccccc1I)c1ccsc12. The molecule has 0 bridgehead atoms. The molecule has 124 valence electrons. The lowest BCUT2D eigenvalue weighted by molar-refractivity contribution is 0.0964. The Kier molecular flexibility index (Phi) is 4.30. The number of anilines is 2. The highest BCUT2D eigenvalue weighted by atomic mass is 127. The van der Waals surface area contributed by atoms with Crippen LogP contribution in [-0.2, 0) is 0 Å². The van der Waals surface area contributed by atoms with E-state index in [2.05, 4.69) is 44.7 Å². The van der Waals surface area contributed by atoms with Crippen molar-refractivity contribution < 1.29 is 4.79 Å². The van der Waals surface area contributed by atoms with E-state index in [0.29, 0.717) is 11.1 Å². The molecular formula is C19H14IN3OS. The van der Waals surface area contributed by atoms with Crippen LogP contribution in [0.15, 0.2) is 53.9 Å². The Labute approximate surface area is 162 Å². The highest BCUT2D eigenvalue weighted by molar-refractivity contribution is 14.1. The lowest BCUT2D eigenvalue weighted by Crippen LogP contribution is -2.18. The number of hydrogen-bond acceptors (Lipinski definition) is 4. The number of rotatable bonds is 3. The lowest BCUT2D eigenvalue weighted by atomic mass is 10.1. The van der Waals surface area contributed by atoms with Crippen LogP contribution < -0.4 is 10.6 Å². The average Bonchev–Trinajstić information content (AvgIpc) is 3.13. The van der Waals surface area contributed by atoms with E-state index in [9.17, 15) is 4.79 Å². The van der Waals surface area contributed by atoms with Gasteiger partial charge in [-0.1, -0.05) is 24.3 Å². The van der Waals surface area contributed by atoms with Gasteiger partial charge >= 0.3 is 0 Å². The molecule has 0 spiro atoms. The van der Waals surface area contributed by atoms with Gasteiger partial charge in [-0.3, -0.25) is 4.79 Å². The highest BCUT2D eigenvalue weighted by Crippen LogP contribution is 2.36. The Bertz CT molecular complexity index is 1110. The fourth-order valence-electron chi connectivity index (χ4n) is 2.83. The molecule has 1 amide bonds. The molecule has 2 aromatic carbocycles. The maximum atomic E-state index is 12.3. The van der Waals surface area contributed by atoms with E-state index in [4.69, 9.17) is 4.98 Å². The largest absolute Gasteiger partial charge is 0.355 e. The molecule has 4 aromatic rings. The number of para-hydroxylation sites is 2. The summed E-state index contributed by atoms with van der Waals surface area (Å²) in [6.07, 6.45) is 0. The van der Waals surface area contributed by atoms with Gasteiger partial charge in [0.2, 0.25) is 0 Å². The van der Waals surface area contributed by atoms with Crippen LogP contribution in [0.1, 0.15) is 10.4 Å². The smallest absolute Gasteiger partial charge is 0.253 e. The molecule has 0 radical (unpaired) electrons. The summed E-state index contributed by atoms with van der Waals surface area (Å²) in [6.45, 7) is 0. The maximum absolute atomic E-state index is 12.3. The van der Waals surface area contributed by atoms with Crippen molar-refractivity contribution in [1.82, 2.24) is 10.3 Å². The molecule has 4 rings (SSSR count). The predicted molar refractivity (Wildman–Crippen MR) is 113 cm³/mol. The van der Waals surface area contributed by atoms with Crippen LogP contribution in [0.3, 0.4) is 0 Å². The first-order valence-electron chi connectivity index (χ1n) is 7.72. The van der Waals surface area contributed by atoms with Gasteiger partial charge in [0.1, 0.15) is 5.82 Å². The maximum Gasteiger partial charge on any atom is 0.253 e. The van der Waals surface area contributed by atoms with E-state index in [1.54, 1.807) is 18.4 Å². The van der Waals surface area contributed by atoms with Gasteiger partial charge in [0, 0.05) is 26.1 Å². The van der Waals surface area contributed by atoms with Crippen molar-refractivity contribution in [3.63, 3.8) is 0 Å². The summed E-state index contributed by atoms with van der Waals surface area (Å²) in [6, 6.07) is 15.9. The second kappa shape index (κ2) is 6.61. The Morgan fingerprint density at radius 3 is 2.72 bits per heavy atom. The number of aromatic nitrogens is 1. The van der Waals surface area contributed by atoms with Crippen molar-refractivity contribution in [2.45, 2.75) is 0 Å². The Morgan fingerprint density at radius 2 is 1.92 bits per heavy atom. The van der Waals surface area contributed by atoms with E-state index < -0.39 is 0 Å². The molecule has 6 heteroatoms. The minimum Gasteiger partial charge on any atom is -0.355 e. The first-order chi connectivity index (χ1) is 12.2. The molecule has 0 aliphatic rings. The number of nitrogens with zero attached hydrogens (tertiary/aromatic N) is 1. The van der Waals surface area contributed by atoms with Gasteiger partial charge in [-0.05, 0) is 52.2 Å². The predicted octanol–water partition coefficient (Wildman–Crippen LogP) is 5.16. The molecule has 0 saturated heterocycles. The van der Waals surface area contributed by atoms with E-state index in [1.165, 1.54) is 0 Å². The molecule has 0 saturated carbocycles. The third-order valence-corrected chi connectivity index (χ3v) is 5.91. The van der Waals surface area contributed by atoms with Crippen LogP contribution in [0.4, 0.5) is 11.5 Å². The zero-order valence-electron chi connectivity index (χ0n) is 13.3. The van der Waals surface area contributed by atoms with Crippen LogP contribution in [0.25, 0.3) is 21.0 Å². The van der Waals surface area contributed by atoms with Gasteiger partial charge in [-0.15, -0.1) is 11.3 Å². The minimum atomic E-state index is -0.130. The second-order valence-electron chi connectivity index (χ2n) is 5.51. The molecular weight excluding hydrogens is 445 g/mol. The average molecular weight is 459 g/mol. The summed E-state index contributed by atoms with van der Waals surface area (Å²) in [5, 5.41) is 10.2. The normalized spacial score (nSPS) is 11.0. The number of carbonyl (C=O) groups excluding carboxylic acids is 1. The van der Waals surface area contributed by atoms with E-state index in [0.717, 1.165) is 30.5 Å². The van der Waals surface area contributed by atoms with Crippen molar-refractivity contribution in [1.29, 1.82) is 0 Å². The number of carbonyl (C=O) groups is 1. The highest BCUT2D eigenvalue weighted by Gasteiger charge is 2.16. The number of halogens is 1. The Morgan fingerprint density at radius 1 is 1.08 bits per heavy atom. The second-order valence-corrected chi connectivity index (χ2v) is 7.59. The van der Waals surface area contributed by atoms with Gasteiger partial charge in [0.05, 0.1) is 16.8 Å². The van der Waals surface area contributed by atoms with Gasteiger partial charge in [0.15, 0.2) is 0 Å². The number of nitrogens with one attached hydrogen (secondary N) is 2. The monoisotopic (exact) mass is 459 g/mol. The van der Waals surface area contributed by atoms with Crippen molar-refractivity contribution in [2.75, 3.05) is 12.4 Å². The molecule has 2 heterocycles. The number of fused-ring (bicyclic) bond motifs is 3. The summed E-state index contributed by atoms with van der Waals surface area (Å²) in [4.78, 5) is 17.1. The third-order valence-electron chi connectivity index (χ3n) is 4.02. The van der Waals surface area contributed by atoms with E-state index in [1.807, 2.05) is 42.5 Å². The lowest BCUT2D eigenvalue weighted by Gasteiger charge is -2.12. The zero-order valence-corrected chi connectivity index (χ0v) is 16.3. The van der Waals surface area contributed by atoms with Gasteiger partial charge in [0.25, 0.3) is 5.91 Å². The van der Waals surface area contributed by atoms with Crippen molar-refractivity contribution in [3.05, 3.63) is 63.0 Å². The molecule has 0 atom stereocenters. The number of amides is 1. The first kappa shape index (κ1) is 16.3. The van der Waals surface area contributed by atoms with Crippen LogP contribution in [0, 0.1) is 3.57 Å². The van der Waals surface area contributed by atoms with E-state index in [-0.39, 0.29) is 5.91 Å².